The highest BCUT2D eigenvalue weighted by Gasteiger charge is 2.55. The van der Waals surface area contributed by atoms with Crippen LogP contribution in [0, 0.1) is 0 Å². The molecule has 4 aromatic rings. The first-order chi connectivity index (χ1) is 31.9. The van der Waals surface area contributed by atoms with Crippen LogP contribution in [0.25, 0.3) is 0 Å². The maximum absolute atomic E-state index is 13.1. The van der Waals surface area contributed by atoms with Gasteiger partial charge in [0.25, 0.3) is 0 Å². The average Bonchev–Trinajstić information content (AvgIpc) is 3.33. The second kappa shape index (κ2) is 25.4. The fourth-order valence-electron chi connectivity index (χ4n) is 8.56. The molecule has 13 nitrogen and oxygen atoms in total. The topological polar surface area (TPSA) is 138 Å². The summed E-state index contributed by atoms with van der Waals surface area (Å²) in [5.41, 5.74) is 3.80. The molecule has 3 saturated heterocycles. The maximum atomic E-state index is 13.1. The molecule has 7 rings (SSSR count). The summed E-state index contributed by atoms with van der Waals surface area (Å²) in [6, 6.07) is 38.8. The number of esters is 1. The summed E-state index contributed by atoms with van der Waals surface area (Å²) in [6.07, 6.45) is -1.48. The number of nitrogens with one attached hydrogen (secondary N) is 1. The van der Waals surface area contributed by atoms with Crippen molar-refractivity contribution in [1.82, 2.24) is 5.32 Å². The Morgan fingerprint density at radius 2 is 1.14 bits per heavy atom. The van der Waals surface area contributed by atoms with E-state index in [1.54, 1.807) is 0 Å². The molecule has 3 heterocycles. The molecule has 1 amide bonds. The van der Waals surface area contributed by atoms with Gasteiger partial charge in [-0.1, -0.05) is 147 Å². The second-order valence-electron chi connectivity index (χ2n) is 16.9. The first-order valence-electron chi connectivity index (χ1n) is 23.1. The van der Waals surface area contributed by atoms with Crippen molar-refractivity contribution in [1.29, 1.82) is 0 Å². The van der Waals surface area contributed by atoms with Gasteiger partial charge in [-0.25, -0.2) is 0 Å². The molecule has 4 aromatic carbocycles. The zero-order chi connectivity index (χ0) is 45.2. The van der Waals surface area contributed by atoms with Crippen LogP contribution < -0.4 is 5.32 Å². The van der Waals surface area contributed by atoms with Crippen LogP contribution in [-0.4, -0.2) is 93.5 Å². The first-order valence-corrected chi connectivity index (χ1v) is 23.1. The van der Waals surface area contributed by atoms with Gasteiger partial charge in [-0.15, -0.1) is 0 Å². The van der Waals surface area contributed by atoms with Crippen molar-refractivity contribution in [3.05, 3.63) is 144 Å². The van der Waals surface area contributed by atoms with Crippen molar-refractivity contribution in [2.24, 2.45) is 0 Å². The van der Waals surface area contributed by atoms with Crippen molar-refractivity contribution in [2.45, 2.75) is 146 Å². The summed E-state index contributed by atoms with van der Waals surface area (Å²) in [7, 11) is 1.42. The number of carbonyl (C=O) groups excluding carboxylic acids is 2. The van der Waals surface area contributed by atoms with E-state index in [0.717, 1.165) is 60.8 Å². The summed E-state index contributed by atoms with van der Waals surface area (Å²) < 4.78 is 65.5. The van der Waals surface area contributed by atoms with Crippen molar-refractivity contribution < 1.29 is 57.0 Å². The van der Waals surface area contributed by atoms with Crippen molar-refractivity contribution >= 4 is 11.9 Å². The van der Waals surface area contributed by atoms with E-state index < -0.39 is 67.6 Å². The van der Waals surface area contributed by atoms with Crippen LogP contribution >= 0.6 is 0 Å². The molecule has 11 atom stereocenters. The van der Waals surface area contributed by atoms with Crippen molar-refractivity contribution in [3.63, 3.8) is 0 Å². The molecule has 3 aliphatic heterocycles. The molecule has 1 unspecified atom stereocenters. The molecule has 350 valence electrons. The third-order valence-electron chi connectivity index (χ3n) is 11.9. The quantitative estimate of drug-likeness (QED) is 0.0569. The lowest BCUT2D eigenvalue weighted by atomic mass is 9.94. The molecular formula is C52H65NO12. The summed E-state index contributed by atoms with van der Waals surface area (Å²) in [5, 5.41) is 3.11. The Bertz CT molecular complexity index is 1980. The number of benzene rings is 4. The minimum Gasteiger partial charge on any atom is -0.469 e. The van der Waals surface area contributed by atoms with Crippen LogP contribution in [0.15, 0.2) is 121 Å². The van der Waals surface area contributed by atoms with Gasteiger partial charge >= 0.3 is 5.97 Å². The molecule has 0 radical (unpaired) electrons. The lowest BCUT2D eigenvalue weighted by Gasteiger charge is -2.52. The van der Waals surface area contributed by atoms with Crippen LogP contribution in [0.5, 0.6) is 0 Å². The number of ether oxygens (including phenoxy) is 10. The zero-order valence-electron chi connectivity index (χ0n) is 37.8. The van der Waals surface area contributed by atoms with Gasteiger partial charge in [0.1, 0.15) is 42.7 Å². The first kappa shape index (κ1) is 48.4. The Kier molecular flexibility index (Phi) is 18.9. The lowest BCUT2D eigenvalue weighted by Crippen LogP contribution is -2.69. The predicted molar refractivity (Wildman–Crippen MR) is 241 cm³/mol. The van der Waals surface area contributed by atoms with Gasteiger partial charge in [-0.2, -0.15) is 0 Å². The number of hydrogen-bond acceptors (Lipinski definition) is 12. The minimum absolute atomic E-state index is 0.179. The van der Waals surface area contributed by atoms with Gasteiger partial charge in [-0.3, -0.25) is 9.59 Å². The Balaban J connectivity index is 1.16. The number of rotatable bonds is 23. The largest absolute Gasteiger partial charge is 0.469 e. The zero-order valence-corrected chi connectivity index (χ0v) is 37.8. The van der Waals surface area contributed by atoms with E-state index in [1.165, 1.54) is 14.0 Å². The van der Waals surface area contributed by atoms with E-state index in [2.05, 4.69) is 5.32 Å². The SMILES string of the molecule is COC(=O)CCCCCCCCO[C@@H]1O[C@@H]2COC(c3ccccc3)O[C@H]2[C@H](O[C@@H]2O[C@@H](C)[C@@H](OCc3ccccc3)[C@@H](OCc3ccccc3)[C@@H]2OCc2ccccc2)[C@H]1NC(C)=O. The summed E-state index contributed by atoms with van der Waals surface area (Å²) >= 11 is 0. The van der Waals surface area contributed by atoms with Crippen LogP contribution in [0.3, 0.4) is 0 Å². The molecule has 0 bridgehead atoms. The third kappa shape index (κ3) is 14.2. The van der Waals surface area contributed by atoms with Crippen LogP contribution in [0.4, 0.5) is 0 Å². The van der Waals surface area contributed by atoms with E-state index in [4.69, 9.17) is 47.4 Å². The normalized spacial score (nSPS) is 27.6. The van der Waals surface area contributed by atoms with Gasteiger partial charge in [-0.05, 0) is 36.5 Å². The van der Waals surface area contributed by atoms with Gasteiger partial charge in [0.05, 0.1) is 39.6 Å². The Morgan fingerprint density at radius 3 is 1.72 bits per heavy atom. The van der Waals surface area contributed by atoms with Crippen LogP contribution in [-0.2, 0) is 76.8 Å². The van der Waals surface area contributed by atoms with E-state index in [-0.39, 0.29) is 25.1 Å². The van der Waals surface area contributed by atoms with Gasteiger partial charge in [0, 0.05) is 25.5 Å². The maximum Gasteiger partial charge on any atom is 0.305 e. The number of hydrogen-bond donors (Lipinski definition) is 1. The highest BCUT2D eigenvalue weighted by molar-refractivity contribution is 5.73. The summed E-state index contributed by atoms with van der Waals surface area (Å²) in [5.74, 6) is -0.465. The fourth-order valence-corrected chi connectivity index (χ4v) is 8.56. The number of amides is 1. The molecular weight excluding hydrogens is 831 g/mol. The highest BCUT2D eigenvalue weighted by Crippen LogP contribution is 2.39. The van der Waals surface area contributed by atoms with E-state index in [9.17, 15) is 9.59 Å². The molecule has 0 aromatic heterocycles. The number of fused-ring (bicyclic) bond motifs is 1. The molecule has 0 saturated carbocycles. The fraction of sp³-hybridized carbons (Fsp3) is 0.500. The lowest BCUT2D eigenvalue weighted by molar-refractivity contribution is -0.382. The molecule has 13 heteroatoms. The molecule has 0 spiro atoms. The molecule has 65 heavy (non-hydrogen) atoms. The number of methoxy groups -OCH3 is 1. The molecule has 3 fully saturated rings. The molecule has 1 N–H and O–H groups in total. The third-order valence-corrected chi connectivity index (χ3v) is 11.9. The number of carbonyl (C=O) groups is 2. The minimum atomic E-state index is -1.02. The van der Waals surface area contributed by atoms with Crippen LogP contribution in [0.1, 0.15) is 87.3 Å². The van der Waals surface area contributed by atoms with Crippen molar-refractivity contribution in [2.75, 3.05) is 20.3 Å². The molecule has 3 aliphatic rings. The highest BCUT2D eigenvalue weighted by atomic mass is 16.8. The van der Waals surface area contributed by atoms with Gasteiger partial charge < -0.3 is 52.7 Å². The summed E-state index contributed by atoms with van der Waals surface area (Å²) in [6.45, 7) is 4.86. The number of unbranched alkanes of at least 4 members (excludes halogenated alkanes) is 5. The predicted octanol–water partition coefficient (Wildman–Crippen LogP) is 8.14. The Morgan fingerprint density at radius 1 is 0.600 bits per heavy atom. The summed E-state index contributed by atoms with van der Waals surface area (Å²) in [4.78, 5) is 24.6. The second-order valence-corrected chi connectivity index (χ2v) is 16.9. The standard InChI is InChI=1S/C52H65NO12/c1-36-45(58-32-38-22-12-8-13-23-38)48(59-33-39-24-14-9-15-25-39)49(60-34-40-26-16-10-17-27-40)52(62-36)65-47-44(53-37(2)54)51(57-31-21-7-5-4-6-20-30-43(55)56-3)63-42-35-61-50(64-46(42)47)41-28-18-11-19-29-41/h8-19,22-29,36,42,44-52H,4-7,20-21,30-35H2,1-3H3,(H,53,54)/t36-,42+,44+,45+,46+,47+,48+,49-,50?,51+,52-/m0/s1. The van der Waals surface area contributed by atoms with E-state index >= 15 is 0 Å². The smallest absolute Gasteiger partial charge is 0.305 e. The Hall–Kier alpha value is -4.54. The van der Waals surface area contributed by atoms with Gasteiger partial charge in [0.15, 0.2) is 18.9 Å². The average molecular weight is 896 g/mol. The van der Waals surface area contributed by atoms with Crippen molar-refractivity contribution in [3.8, 4) is 0 Å². The van der Waals surface area contributed by atoms with Gasteiger partial charge in [0.2, 0.25) is 5.91 Å². The van der Waals surface area contributed by atoms with Crippen LogP contribution in [0.2, 0.25) is 0 Å². The molecule has 0 aliphatic carbocycles. The van der Waals surface area contributed by atoms with E-state index in [1.807, 2.05) is 128 Å². The van der Waals surface area contributed by atoms with E-state index in [0.29, 0.717) is 26.2 Å². The monoisotopic (exact) mass is 895 g/mol. The Labute approximate surface area is 383 Å².